The van der Waals surface area contributed by atoms with E-state index >= 15 is 0 Å². The molecule has 8 nitrogen and oxygen atoms in total. The molecule has 0 unspecified atom stereocenters. The number of nitrogens with two attached hydrogens (primary N) is 1. The molecule has 1 aromatic carbocycles. The fourth-order valence-corrected chi connectivity index (χ4v) is 5.46. The van der Waals surface area contributed by atoms with Gasteiger partial charge in [0, 0.05) is 36.6 Å². The van der Waals surface area contributed by atoms with E-state index in [2.05, 4.69) is 23.6 Å². The number of dihydropyridines is 1. The molecule has 0 radical (unpaired) electrons. The number of carbonyl (C=O) groups excluding carboxylic acids is 3. The molecule has 0 saturated carbocycles. The second-order valence-electron chi connectivity index (χ2n) is 10.7. The van der Waals surface area contributed by atoms with Crippen LogP contribution in [0.15, 0.2) is 59.5 Å². The topological polar surface area (TPSA) is 123 Å². The molecular weight excluding hydrogens is 494 g/mol. The second-order valence-corrected chi connectivity index (χ2v) is 10.7. The van der Waals surface area contributed by atoms with Gasteiger partial charge >= 0.3 is 5.97 Å². The van der Waals surface area contributed by atoms with Gasteiger partial charge in [0.2, 0.25) is 5.78 Å². The predicted molar refractivity (Wildman–Crippen MR) is 150 cm³/mol. The highest BCUT2D eigenvalue weighted by Crippen LogP contribution is 2.58. The summed E-state index contributed by atoms with van der Waals surface area (Å²) in [6, 6.07) is 6.62. The molecule has 1 aliphatic carbocycles. The van der Waals surface area contributed by atoms with Crippen molar-refractivity contribution in [2.45, 2.75) is 70.5 Å². The third-order valence-electron chi connectivity index (χ3n) is 7.90. The van der Waals surface area contributed by atoms with Crippen LogP contribution in [-0.2, 0) is 14.3 Å². The molecule has 1 aromatic rings. The van der Waals surface area contributed by atoms with Crippen molar-refractivity contribution >= 4 is 17.5 Å². The number of fused-ring (bicyclic) bond motifs is 2. The molecule has 3 atom stereocenters. The summed E-state index contributed by atoms with van der Waals surface area (Å²) in [5.41, 5.74) is 5.06. The molecule has 0 aromatic heterocycles. The summed E-state index contributed by atoms with van der Waals surface area (Å²) in [5, 5.41) is 6.38. The van der Waals surface area contributed by atoms with E-state index in [0.29, 0.717) is 24.5 Å². The molecule has 8 heteroatoms. The van der Waals surface area contributed by atoms with Crippen molar-refractivity contribution in [1.82, 2.24) is 10.6 Å². The van der Waals surface area contributed by atoms with Crippen LogP contribution in [-0.4, -0.2) is 55.0 Å². The first-order chi connectivity index (χ1) is 18.8. The number of benzene rings is 1. The van der Waals surface area contributed by atoms with E-state index in [1.165, 1.54) is 0 Å². The SMILES string of the molecule is CCCC[C@H](CNCC)COC(=O)[C@]12O[C@@]1(C/C=C(\C)CCC1=CCNC(N)=C1)C(=O)c1ccccc1C2=O. The Morgan fingerprint density at radius 2 is 1.97 bits per heavy atom. The van der Waals surface area contributed by atoms with E-state index in [0.717, 1.165) is 49.8 Å². The highest BCUT2D eigenvalue weighted by molar-refractivity contribution is 6.32. The quantitative estimate of drug-likeness (QED) is 0.142. The molecule has 3 aliphatic rings. The Labute approximate surface area is 231 Å². The Morgan fingerprint density at radius 3 is 2.67 bits per heavy atom. The monoisotopic (exact) mass is 535 g/mol. The minimum absolute atomic E-state index is 0.120. The highest BCUT2D eigenvalue weighted by Gasteiger charge is 2.85. The molecule has 2 heterocycles. The fraction of sp³-hybridized carbons (Fsp3) is 0.516. The van der Waals surface area contributed by atoms with E-state index < -0.39 is 23.0 Å². The van der Waals surface area contributed by atoms with Crippen molar-refractivity contribution in [2.75, 3.05) is 26.2 Å². The number of epoxide rings is 1. The summed E-state index contributed by atoms with van der Waals surface area (Å²) < 4.78 is 11.8. The zero-order chi connectivity index (χ0) is 28.0. The molecule has 2 aliphatic heterocycles. The molecule has 4 rings (SSSR count). The number of allylic oxidation sites excluding steroid dienone is 3. The van der Waals surface area contributed by atoms with Gasteiger partial charge in [-0.1, -0.05) is 68.7 Å². The average Bonchev–Trinajstić information content (AvgIpc) is 3.65. The lowest BCUT2D eigenvalue weighted by Crippen LogP contribution is -2.50. The predicted octanol–water partition coefficient (Wildman–Crippen LogP) is 3.98. The molecule has 1 fully saturated rings. The van der Waals surface area contributed by atoms with Crippen LogP contribution in [0, 0.1) is 5.92 Å². The zero-order valence-corrected chi connectivity index (χ0v) is 23.3. The number of ketones is 2. The van der Waals surface area contributed by atoms with Gasteiger partial charge in [-0.15, -0.1) is 0 Å². The van der Waals surface area contributed by atoms with Crippen LogP contribution in [0.4, 0.5) is 0 Å². The van der Waals surface area contributed by atoms with E-state index in [4.69, 9.17) is 15.2 Å². The minimum Gasteiger partial charge on any atom is -0.463 e. The molecule has 0 bridgehead atoms. The van der Waals surface area contributed by atoms with E-state index in [1.54, 1.807) is 24.3 Å². The van der Waals surface area contributed by atoms with E-state index in [1.807, 2.05) is 26.0 Å². The Bertz CT molecular complexity index is 1190. The maximum Gasteiger partial charge on any atom is 0.350 e. The Kier molecular flexibility index (Phi) is 9.08. The summed E-state index contributed by atoms with van der Waals surface area (Å²) >= 11 is 0. The van der Waals surface area contributed by atoms with Crippen molar-refractivity contribution in [2.24, 2.45) is 11.7 Å². The van der Waals surface area contributed by atoms with Crippen LogP contribution in [0.5, 0.6) is 0 Å². The van der Waals surface area contributed by atoms with Gasteiger partial charge in [0.05, 0.1) is 12.4 Å². The minimum atomic E-state index is -1.93. The fourth-order valence-electron chi connectivity index (χ4n) is 5.46. The van der Waals surface area contributed by atoms with Crippen LogP contribution in [0.3, 0.4) is 0 Å². The van der Waals surface area contributed by atoms with Crippen molar-refractivity contribution in [3.63, 3.8) is 0 Å². The summed E-state index contributed by atoms with van der Waals surface area (Å²) in [7, 11) is 0. The van der Waals surface area contributed by atoms with E-state index in [-0.39, 0.29) is 30.3 Å². The van der Waals surface area contributed by atoms with Crippen molar-refractivity contribution in [1.29, 1.82) is 0 Å². The molecule has 39 heavy (non-hydrogen) atoms. The summed E-state index contributed by atoms with van der Waals surface area (Å²) in [6.45, 7) is 8.54. The first-order valence-electron chi connectivity index (χ1n) is 14.1. The normalized spacial score (nSPS) is 24.6. The second kappa shape index (κ2) is 12.3. The van der Waals surface area contributed by atoms with Gasteiger partial charge in [0.25, 0.3) is 5.60 Å². The zero-order valence-electron chi connectivity index (χ0n) is 23.3. The molecule has 0 amide bonds. The lowest BCUT2D eigenvalue weighted by atomic mass is 9.72. The Hall–Kier alpha value is -3.23. The van der Waals surface area contributed by atoms with Gasteiger partial charge in [-0.3, -0.25) is 9.59 Å². The lowest BCUT2D eigenvalue weighted by Gasteiger charge is -2.24. The highest BCUT2D eigenvalue weighted by atomic mass is 16.7. The number of Topliss-reactive ketones (excluding diaryl/α,β-unsaturated/α-hetero) is 2. The maximum atomic E-state index is 13.7. The van der Waals surface area contributed by atoms with Crippen LogP contribution in [0.1, 0.15) is 80.0 Å². The van der Waals surface area contributed by atoms with Gasteiger partial charge in [0.1, 0.15) is 0 Å². The number of ether oxygens (including phenoxy) is 2. The van der Waals surface area contributed by atoms with Crippen molar-refractivity contribution < 1.29 is 23.9 Å². The Morgan fingerprint density at radius 1 is 1.23 bits per heavy atom. The number of nitrogens with one attached hydrogen (secondary N) is 2. The van der Waals surface area contributed by atoms with E-state index in [9.17, 15) is 14.4 Å². The largest absolute Gasteiger partial charge is 0.463 e. The maximum absolute atomic E-state index is 13.7. The van der Waals surface area contributed by atoms with Gasteiger partial charge in [-0.05, 0) is 44.4 Å². The molecule has 1 saturated heterocycles. The van der Waals surface area contributed by atoms with Crippen molar-refractivity contribution in [3.05, 3.63) is 70.6 Å². The Balaban J connectivity index is 1.53. The summed E-state index contributed by atoms with van der Waals surface area (Å²) in [6.07, 6.45) is 10.6. The van der Waals surface area contributed by atoms with Crippen molar-refractivity contribution in [3.8, 4) is 0 Å². The smallest absolute Gasteiger partial charge is 0.350 e. The first-order valence-corrected chi connectivity index (χ1v) is 14.1. The third kappa shape index (κ3) is 5.72. The number of rotatable bonds is 14. The number of carbonyl (C=O) groups is 3. The number of unbranched alkanes of at least 4 members (excludes halogenated alkanes) is 1. The summed E-state index contributed by atoms with van der Waals surface area (Å²) in [5.74, 6) is -0.832. The number of hydrogen-bond donors (Lipinski definition) is 3. The molecule has 0 spiro atoms. The number of esters is 1. The number of hydrogen-bond acceptors (Lipinski definition) is 8. The molecular formula is C31H41N3O5. The summed E-state index contributed by atoms with van der Waals surface area (Å²) in [4.78, 5) is 41.1. The van der Waals surface area contributed by atoms with Gasteiger partial charge in [-0.25, -0.2) is 4.79 Å². The van der Waals surface area contributed by atoms with Crippen LogP contribution < -0.4 is 16.4 Å². The third-order valence-corrected chi connectivity index (χ3v) is 7.90. The van der Waals surface area contributed by atoms with Crippen LogP contribution in [0.2, 0.25) is 0 Å². The standard InChI is InChI=1S/C31H41N3O5/c1-4-6-9-23(19-33-5-2)20-38-29(37)31-28(36)25-11-8-7-10-24(25)27(35)30(31,39-31)16-14-21(3)12-13-22-15-17-34-26(32)18-22/h7-8,10-11,14-15,18,23,33-34H,4-6,9,12-13,16-17,19-20,32H2,1-3H3/b21-14+/t23-,30+,31+/m1/s1. The van der Waals surface area contributed by atoms with Crippen LogP contribution >= 0.6 is 0 Å². The first kappa shape index (κ1) is 28.8. The lowest BCUT2D eigenvalue weighted by molar-refractivity contribution is -0.149. The van der Waals surface area contributed by atoms with Gasteiger partial charge in [-0.2, -0.15) is 0 Å². The molecule has 210 valence electrons. The van der Waals surface area contributed by atoms with Crippen LogP contribution in [0.25, 0.3) is 0 Å². The average molecular weight is 536 g/mol. The molecule has 4 N–H and O–H groups in total. The van der Waals surface area contributed by atoms with Gasteiger partial charge in [0.15, 0.2) is 11.4 Å². The van der Waals surface area contributed by atoms with Gasteiger partial charge < -0.3 is 25.8 Å².